The van der Waals surface area contributed by atoms with E-state index in [0.29, 0.717) is 11.3 Å². The van der Waals surface area contributed by atoms with E-state index in [2.05, 4.69) is 5.32 Å². The minimum Gasteiger partial charge on any atom is -0.492 e. The third kappa shape index (κ3) is 12.4. The van der Waals surface area contributed by atoms with Crippen molar-refractivity contribution in [1.82, 2.24) is 4.90 Å². The predicted octanol–water partition coefficient (Wildman–Crippen LogP) is 5.21. The van der Waals surface area contributed by atoms with Crippen LogP contribution in [-0.4, -0.2) is 78.7 Å². The van der Waals surface area contributed by atoms with Crippen LogP contribution in [0.2, 0.25) is 0 Å². The van der Waals surface area contributed by atoms with Gasteiger partial charge in [-0.05, 0) is 44.0 Å². The largest absolute Gasteiger partial charge is 0.492 e. The summed E-state index contributed by atoms with van der Waals surface area (Å²) in [4.78, 5) is 36.2. The van der Waals surface area contributed by atoms with Crippen LogP contribution in [-0.2, 0) is 20.7 Å². The number of aliphatic carboxylic acids is 1. The summed E-state index contributed by atoms with van der Waals surface area (Å²) in [5.74, 6) is -0.593. The maximum Gasteiger partial charge on any atom is 0.389 e. The molecule has 2 aromatic carbocycles. The third-order valence-electron chi connectivity index (χ3n) is 5.82. The van der Waals surface area contributed by atoms with Gasteiger partial charge >= 0.3 is 18.2 Å². The van der Waals surface area contributed by atoms with E-state index in [-0.39, 0.29) is 63.7 Å². The maximum absolute atomic E-state index is 13.0. The van der Waals surface area contributed by atoms with Crippen LogP contribution in [0.5, 0.6) is 5.75 Å². The van der Waals surface area contributed by atoms with Crippen molar-refractivity contribution >= 4 is 23.4 Å². The van der Waals surface area contributed by atoms with Crippen LogP contribution < -0.4 is 10.1 Å². The first-order chi connectivity index (χ1) is 19.4. The number of anilines is 1. The molecule has 0 saturated heterocycles. The number of urea groups is 1. The lowest BCUT2D eigenvalue weighted by molar-refractivity contribution is -0.385. The van der Waals surface area contributed by atoms with Crippen LogP contribution in [0.3, 0.4) is 0 Å². The highest BCUT2D eigenvalue weighted by Gasteiger charge is 2.26. The average Bonchev–Trinajstić information content (AvgIpc) is 2.90. The van der Waals surface area contributed by atoms with Crippen LogP contribution in [0.25, 0.3) is 0 Å². The van der Waals surface area contributed by atoms with Gasteiger partial charge in [-0.15, -0.1) is 0 Å². The molecule has 41 heavy (non-hydrogen) atoms. The zero-order valence-electron chi connectivity index (χ0n) is 22.8. The number of nitrogens with zero attached hydrogens (tertiary/aromatic N) is 2. The Labute approximate surface area is 235 Å². The molecule has 2 rings (SSSR count). The molecular formula is C27H34F3N3O8. The van der Waals surface area contributed by atoms with Crippen LogP contribution in [0.4, 0.5) is 29.3 Å². The highest BCUT2D eigenvalue weighted by Crippen LogP contribution is 2.23. The van der Waals surface area contributed by atoms with Gasteiger partial charge in [-0.1, -0.05) is 18.2 Å². The molecule has 0 aliphatic carbocycles. The summed E-state index contributed by atoms with van der Waals surface area (Å²) < 4.78 is 53.2. The lowest BCUT2D eigenvalue weighted by Crippen LogP contribution is -2.40. The zero-order chi connectivity index (χ0) is 30.4. The van der Waals surface area contributed by atoms with Gasteiger partial charge in [-0.2, -0.15) is 13.2 Å². The molecule has 226 valence electrons. The molecular weight excluding hydrogens is 551 g/mol. The number of carbonyl (C=O) groups excluding carboxylic acids is 1. The van der Waals surface area contributed by atoms with Gasteiger partial charge in [0.05, 0.1) is 18.1 Å². The lowest BCUT2D eigenvalue weighted by Gasteiger charge is -2.23. The molecule has 0 aliphatic heterocycles. The van der Waals surface area contributed by atoms with Gasteiger partial charge in [-0.25, -0.2) is 9.59 Å². The van der Waals surface area contributed by atoms with Gasteiger partial charge in [0.15, 0.2) is 6.10 Å². The quantitative estimate of drug-likeness (QED) is 0.147. The molecule has 0 radical (unpaired) electrons. The standard InChI is InChI=1S/C27H34F3N3O8/c1-3-40-24(25(34)35)17-20-6-9-22(10-7-20)41-16-13-32(12-15-39-14-4-11-27(28,29)30)26(36)31-21-8-5-19(2)23(18-21)33(37)38/h5-10,18,24H,3-4,11-17H2,1-2H3,(H,31,36)(H,34,35). The SMILES string of the molecule is CCOC(Cc1ccc(OCCN(CCOCCCC(F)(F)F)C(=O)Nc2ccc(C)c([N+](=O)[O-])c2)cc1)C(=O)O. The molecule has 14 heteroatoms. The van der Waals surface area contributed by atoms with E-state index in [1.807, 2.05) is 0 Å². The average molecular weight is 586 g/mol. The van der Waals surface area contributed by atoms with E-state index in [1.54, 1.807) is 38.1 Å². The molecule has 0 fully saturated rings. The Morgan fingerprint density at radius 2 is 1.78 bits per heavy atom. The molecule has 0 bridgehead atoms. The van der Waals surface area contributed by atoms with Crippen LogP contribution in [0.15, 0.2) is 42.5 Å². The molecule has 0 aromatic heterocycles. The number of ether oxygens (including phenoxy) is 3. The van der Waals surface area contributed by atoms with Gasteiger partial charge in [0.25, 0.3) is 5.69 Å². The number of hydrogen-bond acceptors (Lipinski definition) is 7. The summed E-state index contributed by atoms with van der Waals surface area (Å²) in [5.41, 5.74) is 1.19. The fourth-order valence-electron chi connectivity index (χ4n) is 3.68. The van der Waals surface area contributed by atoms with Crippen molar-refractivity contribution in [2.45, 2.75) is 45.4 Å². The van der Waals surface area contributed by atoms with Crippen molar-refractivity contribution in [2.75, 3.05) is 44.8 Å². The van der Waals surface area contributed by atoms with Crippen LogP contribution in [0.1, 0.15) is 30.9 Å². The van der Waals surface area contributed by atoms with Crippen molar-refractivity contribution in [3.05, 3.63) is 63.7 Å². The highest BCUT2D eigenvalue weighted by atomic mass is 19.4. The van der Waals surface area contributed by atoms with Gasteiger partial charge in [-0.3, -0.25) is 10.1 Å². The maximum atomic E-state index is 13.0. The van der Waals surface area contributed by atoms with Crippen molar-refractivity contribution in [2.24, 2.45) is 0 Å². The number of carbonyl (C=O) groups is 2. The summed E-state index contributed by atoms with van der Waals surface area (Å²) in [6.45, 7) is 3.53. The number of nitro groups is 1. The number of alkyl halides is 3. The number of amides is 2. The second kappa shape index (κ2) is 16.4. The number of nitro benzene ring substituents is 1. The van der Waals surface area contributed by atoms with E-state index < -0.39 is 35.6 Å². The first-order valence-electron chi connectivity index (χ1n) is 12.9. The van der Waals surface area contributed by atoms with E-state index in [1.165, 1.54) is 23.1 Å². The molecule has 0 saturated carbocycles. The summed E-state index contributed by atoms with van der Waals surface area (Å²) >= 11 is 0. The Bertz CT molecular complexity index is 1150. The Kier molecular flexibility index (Phi) is 13.3. The van der Waals surface area contributed by atoms with Gasteiger partial charge in [0.2, 0.25) is 0 Å². The zero-order valence-corrected chi connectivity index (χ0v) is 22.8. The number of aryl methyl sites for hydroxylation is 1. The monoisotopic (exact) mass is 585 g/mol. The molecule has 2 aromatic rings. The predicted molar refractivity (Wildman–Crippen MR) is 143 cm³/mol. The molecule has 2 amide bonds. The molecule has 0 heterocycles. The smallest absolute Gasteiger partial charge is 0.389 e. The highest BCUT2D eigenvalue weighted by molar-refractivity contribution is 5.89. The Morgan fingerprint density at radius 1 is 1.10 bits per heavy atom. The summed E-state index contributed by atoms with van der Waals surface area (Å²) in [7, 11) is 0. The van der Waals surface area contributed by atoms with Gasteiger partial charge in [0, 0.05) is 49.9 Å². The van der Waals surface area contributed by atoms with E-state index in [0.717, 1.165) is 5.56 Å². The first-order valence-corrected chi connectivity index (χ1v) is 12.9. The molecule has 11 nitrogen and oxygen atoms in total. The molecule has 1 atom stereocenters. The third-order valence-corrected chi connectivity index (χ3v) is 5.82. The first kappa shape index (κ1) is 33.3. The molecule has 0 spiro atoms. The molecule has 0 aliphatic rings. The van der Waals surface area contributed by atoms with E-state index in [9.17, 15) is 38.0 Å². The van der Waals surface area contributed by atoms with Crippen LogP contribution in [0, 0.1) is 17.0 Å². The molecule has 2 N–H and O–H groups in total. The summed E-state index contributed by atoms with van der Waals surface area (Å²) in [6.07, 6.45) is -6.25. The van der Waals surface area contributed by atoms with Crippen molar-refractivity contribution in [1.29, 1.82) is 0 Å². The number of benzene rings is 2. The Balaban J connectivity index is 1.98. The minimum absolute atomic E-state index is 0.0292. The van der Waals surface area contributed by atoms with Crippen molar-refractivity contribution < 1.29 is 47.0 Å². The summed E-state index contributed by atoms with van der Waals surface area (Å²) in [6, 6.07) is 10.4. The van der Waals surface area contributed by atoms with Crippen LogP contribution >= 0.6 is 0 Å². The second-order valence-corrected chi connectivity index (χ2v) is 8.99. The van der Waals surface area contributed by atoms with E-state index >= 15 is 0 Å². The van der Waals surface area contributed by atoms with Crippen molar-refractivity contribution in [3.8, 4) is 5.75 Å². The van der Waals surface area contributed by atoms with Gasteiger partial charge < -0.3 is 29.5 Å². The lowest BCUT2D eigenvalue weighted by atomic mass is 10.1. The second-order valence-electron chi connectivity index (χ2n) is 8.99. The fraction of sp³-hybridized carbons (Fsp3) is 0.481. The fourth-order valence-corrected chi connectivity index (χ4v) is 3.68. The Morgan fingerprint density at radius 3 is 2.39 bits per heavy atom. The number of carboxylic acids is 1. The normalized spacial score (nSPS) is 12.0. The topological polar surface area (TPSA) is 140 Å². The number of carboxylic acid groups (broad SMARTS) is 1. The number of hydrogen-bond donors (Lipinski definition) is 2. The number of nitrogens with one attached hydrogen (secondary N) is 1. The van der Waals surface area contributed by atoms with Crippen molar-refractivity contribution in [3.63, 3.8) is 0 Å². The number of halogens is 3. The minimum atomic E-state index is -4.28. The number of rotatable bonds is 17. The Hall–Kier alpha value is -3.91. The summed E-state index contributed by atoms with van der Waals surface area (Å²) in [5, 5.41) is 23.1. The van der Waals surface area contributed by atoms with E-state index in [4.69, 9.17) is 14.2 Å². The molecule has 1 unspecified atom stereocenters. The van der Waals surface area contributed by atoms with Gasteiger partial charge in [0.1, 0.15) is 12.4 Å².